The smallest absolute Gasteiger partial charge is 0.0641 e. The molecule has 1 aliphatic heterocycles. The molecule has 1 aliphatic carbocycles. The van der Waals surface area contributed by atoms with Crippen LogP contribution in [0.25, 0.3) is 0 Å². The Morgan fingerprint density at radius 3 is 2.95 bits per heavy atom. The van der Waals surface area contributed by atoms with E-state index in [1.807, 2.05) is 0 Å². The van der Waals surface area contributed by atoms with Crippen molar-refractivity contribution in [2.75, 3.05) is 6.61 Å². The van der Waals surface area contributed by atoms with Gasteiger partial charge in [0.05, 0.1) is 5.60 Å². The summed E-state index contributed by atoms with van der Waals surface area (Å²) < 4.78 is 6.99. The predicted molar refractivity (Wildman–Crippen MR) is 81.4 cm³/mol. The van der Waals surface area contributed by atoms with Gasteiger partial charge in [0, 0.05) is 23.2 Å². The van der Waals surface area contributed by atoms with Crippen molar-refractivity contribution >= 4 is 15.9 Å². The third-order valence-corrected chi connectivity index (χ3v) is 4.81. The number of rotatable bonds is 2. The SMILES string of the molecule is CC1(C)CC(NC2CCc3cc(Br)ccc32)CCO1. The van der Waals surface area contributed by atoms with Gasteiger partial charge in [0.1, 0.15) is 0 Å². The fourth-order valence-electron chi connectivity index (χ4n) is 3.42. The molecule has 1 saturated heterocycles. The van der Waals surface area contributed by atoms with Crippen molar-refractivity contribution in [2.45, 2.75) is 57.2 Å². The minimum absolute atomic E-state index is 0.0249. The highest BCUT2D eigenvalue weighted by atomic mass is 79.9. The van der Waals surface area contributed by atoms with E-state index in [9.17, 15) is 0 Å². The molecule has 1 aromatic rings. The fraction of sp³-hybridized carbons (Fsp3) is 0.625. The molecule has 1 fully saturated rings. The molecule has 1 aromatic carbocycles. The highest BCUT2D eigenvalue weighted by molar-refractivity contribution is 9.10. The summed E-state index contributed by atoms with van der Waals surface area (Å²) in [5, 5.41) is 3.85. The Morgan fingerprint density at radius 1 is 1.32 bits per heavy atom. The van der Waals surface area contributed by atoms with E-state index in [0.717, 1.165) is 19.4 Å². The molecule has 0 saturated carbocycles. The Hall–Kier alpha value is -0.380. The van der Waals surface area contributed by atoms with E-state index in [4.69, 9.17) is 4.74 Å². The summed E-state index contributed by atoms with van der Waals surface area (Å²) in [5.41, 5.74) is 3.02. The number of fused-ring (bicyclic) bond motifs is 1. The Bertz CT molecular complexity index is 472. The largest absolute Gasteiger partial charge is 0.375 e. The zero-order chi connectivity index (χ0) is 13.5. The number of hydrogen-bond acceptors (Lipinski definition) is 2. The van der Waals surface area contributed by atoms with Crippen molar-refractivity contribution < 1.29 is 4.74 Å². The van der Waals surface area contributed by atoms with Crippen LogP contribution < -0.4 is 5.32 Å². The molecule has 1 heterocycles. The molecule has 2 aliphatic rings. The Morgan fingerprint density at radius 2 is 2.16 bits per heavy atom. The summed E-state index contributed by atoms with van der Waals surface area (Å²) in [4.78, 5) is 0. The molecule has 2 unspecified atom stereocenters. The van der Waals surface area contributed by atoms with E-state index in [0.29, 0.717) is 12.1 Å². The number of nitrogens with one attached hydrogen (secondary N) is 1. The predicted octanol–water partition coefficient (Wildman–Crippen LogP) is 3.98. The maximum Gasteiger partial charge on any atom is 0.0641 e. The van der Waals surface area contributed by atoms with Crippen LogP contribution in [0.2, 0.25) is 0 Å². The molecule has 104 valence electrons. The third kappa shape index (κ3) is 3.04. The standard InChI is InChI=1S/C16H22BrNO/c1-16(2)10-13(7-8-19-16)18-15-6-3-11-9-12(17)4-5-14(11)15/h4-5,9,13,15,18H,3,6-8,10H2,1-2H3. The number of hydrogen-bond donors (Lipinski definition) is 1. The summed E-state index contributed by atoms with van der Waals surface area (Å²) in [7, 11) is 0. The highest BCUT2D eigenvalue weighted by Crippen LogP contribution is 2.35. The lowest BCUT2D eigenvalue weighted by atomic mass is 9.93. The van der Waals surface area contributed by atoms with Crippen LogP contribution in [0, 0.1) is 0 Å². The minimum Gasteiger partial charge on any atom is -0.375 e. The quantitative estimate of drug-likeness (QED) is 0.888. The van der Waals surface area contributed by atoms with Crippen LogP contribution in [0.4, 0.5) is 0 Å². The van der Waals surface area contributed by atoms with Gasteiger partial charge in [-0.25, -0.2) is 0 Å². The molecule has 0 amide bonds. The molecule has 19 heavy (non-hydrogen) atoms. The second-order valence-corrected chi connectivity index (χ2v) is 7.31. The van der Waals surface area contributed by atoms with Gasteiger partial charge in [-0.1, -0.05) is 22.0 Å². The van der Waals surface area contributed by atoms with Crippen LogP contribution in [-0.2, 0) is 11.2 Å². The van der Waals surface area contributed by atoms with Gasteiger partial charge < -0.3 is 10.1 Å². The molecule has 3 rings (SSSR count). The molecular weight excluding hydrogens is 302 g/mol. The van der Waals surface area contributed by atoms with E-state index in [-0.39, 0.29) is 5.60 Å². The lowest BCUT2D eigenvalue weighted by molar-refractivity contribution is -0.0642. The highest BCUT2D eigenvalue weighted by Gasteiger charge is 2.31. The van der Waals surface area contributed by atoms with E-state index >= 15 is 0 Å². The van der Waals surface area contributed by atoms with Gasteiger partial charge in [-0.2, -0.15) is 0 Å². The minimum atomic E-state index is 0.0249. The summed E-state index contributed by atoms with van der Waals surface area (Å²) >= 11 is 3.56. The van der Waals surface area contributed by atoms with Crippen LogP contribution in [0.5, 0.6) is 0 Å². The molecule has 0 aromatic heterocycles. The Labute approximate surface area is 124 Å². The van der Waals surface area contributed by atoms with Crippen molar-refractivity contribution in [3.8, 4) is 0 Å². The maximum atomic E-state index is 5.80. The van der Waals surface area contributed by atoms with Crippen LogP contribution >= 0.6 is 15.9 Å². The third-order valence-electron chi connectivity index (χ3n) is 4.32. The summed E-state index contributed by atoms with van der Waals surface area (Å²) in [5.74, 6) is 0. The monoisotopic (exact) mass is 323 g/mol. The first kappa shape index (κ1) is 13.6. The van der Waals surface area contributed by atoms with Crippen molar-refractivity contribution in [3.63, 3.8) is 0 Å². The molecule has 1 N–H and O–H groups in total. The first-order valence-corrected chi connectivity index (χ1v) is 8.01. The summed E-state index contributed by atoms with van der Waals surface area (Å²) in [6, 6.07) is 7.82. The second kappa shape index (κ2) is 5.19. The van der Waals surface area contributed by atoms with Crippen molar-refractivity contribution in [1.29, 1.82) is 0 Å². The zero-order valence-electron chi connectivity index (χ0n) is 11.7. The van der Waals surface area contributed by atoms with E-state index < -0.39 is 0 Å². The van der Waals surface area contributed by atoms with Gasteiger partial charge in [-0.3, -0.25) is 0 Å². The topological polar surface area (TPSA) is 21.3 Å². The van der Waals surface area contributed by atoms with Crippen LogP contribution in [-0.4, -0.2) is 18.2 Å². The van der Waals surface area contributed by atoms with Crippen LogP contribution in [0.3, 0.4) is 0 Å². The molecule has 3 heteroatoms. The summed E-state index contributed by atoms with van der Waals surface area (Å²) in [6.07, 6.45) is 4.66. The molecule has 0 bridgehead atoms. The van der Waals surface area contributed by atoms with Gasteiger partial charge in [-0.15, -0.1) is 0 Å². The van der Waals surface area contributed by atoms with Gasteiger partial charge in [0.25, 0.3) is 0 Å². The first-order valence-electron chi connectivity index (χ1n) is 7.22. The number of benzene rings is 1. The Kier molecular flexibility index (Phi) is 3.71. The van der Waals surface area contributed by atoms with Crippen molar-refractivity contribution in [3.05, 3.63) is 33.8 Å². The zero-order valence-corrected chi connectivity index (χ0v) is 13.3. The normalized spacial score (nSPS) is 29.2. The maximum absolute atomic E-state index is 5.80. The molecule has 2 atom stereocenters. The van der Waals surface area contributed by atoms with Gasteiger partial charge in [0.15, 0.2) is 0 Å². The number of ether oxygens (including phenoxy) is 1. The fourth-order valence-corrected chi connectivity index (χ4v) is 3.83. The van der Waals surface area contributed by atoms with E-state index in [1.165, 1.54) is 28.4 Å². The molecular formula is C16H22BrNO. The molecule has 0 spiro atoms. The van der Waals surface area contributed by atoms with E-state index in [2.05, 4.69) is 53.3 Å². The molecule has 2 nitrogen and oxygen atoms in total. The number of aryl methyl sites for hydroxylation is 1. The first-order chi connectivity index (χ1) is 9.03. The van der Waals surface area contributed by atoms with Crippen molar-refractivity contribution in [1.82, 2.24) is 5.32 Å². The van der Waals surface area contributed by atoms with Gasteiger partial charge in [-0.05, 0) is 62.8 Å². The molecule has 0 radical (unpaired) electrons. The summed E-state index contributed by atoms with van der Waals surface area (Å²) in [6.45, 7) is 5.27. The van der Waals surface area contributed by atoms with Gasteiger partial charge in [0.2, 0.25) is 0 Å². The number of halogens is 1. The Balaban J connectivity index is 1.69. The lowest BCUT2D eigenvalue weighted by Crippen LogP contribution is -2.44. The van der Waals surface area contributed by atoms with E-state index in [1.54, 1.807) is 0 Å². The average molecular weight is 324 g/mol. The van der Waals surface area contributed by atoms with Crippen molar-refractivity contribution in [2.24, 2.45) is 0 Å². The average Bonchev–Trinajstić information content (AvgIpc) is 2.70. The van der Waals surface area contributed by atoms with Crippen LogP contribution in [0.15, 0.2) is 22.7 Å². The van der Waals surface area contributed by atoms with Crippen LogP contribution in [0.1, 0.15) is 50.3 Å². The lowest BCUT2D eigenvalue weighted by Gasteiger charge is -2.37. The second-order valence-electron chi connectivity index (χ2n) is 6.40. The van der Waals surface area contributed by atoms with Gasteiger partial charge >= 0.3 is 0 Å².